The molecule has 2 nitrogen and oxygen atoms in total. The van der Waals surface area contributed by atoms with Gasteiger partial charge in [0.05, 0.1) is 7.11 Å². The molecule has 0 atom stereocenters. The van der Waals surface area contributed by atoms with Crippen LogP contribution in [0.1, 0.15) is 6.42 Å². The lowest BCUT2D eigenvalue weighted by molar-refractivity contribution is 0.391. The maximum absolute atomic E-state index is 6.70. The Bertz CT molecular complexity index is 45.5. The molecule has 2 heteroatoms. The van der Waals surface area contributed by atoms with Crippen molar-refractivity contribution >= 4 is 5.90 Å². The molecule has 0 aliphatic rings. The highest BCUT2D eigenvalue weighted by molar-refractivity contribution is 5.72. The molecule has 0 aliphatic heterocycles. The van der Waals surface area contributed by atoms with Crippen LogP contribution >= 0.6 is 0 Å². The smallest absolute Gasteiger partial charge is 0.180 e. The minimum absolute atomic E-state index is 0.231. The second-order valence-corrected chi connectivity index (χ2v) is 0.877. The van der Waals surface area contributed by atoms with Crippen molar-refractivity contribution in [3.05, 3.63) is 6.92 Å². The third kappa shape index (κ3) is 1.76. The van der Waals surface area contributed by atoms with Gasteiger partial charge in [-0.2, -0.15) is 0 Å². The monoisotopic (exact) mass is 86.1 g/mol. The quantitative estimate of drug-likeness (QED) is 0.372. The molecule has 0 unspecified atom stereocenters. The van der Waals surface area contributed by atoms with E-state index in [4.69, 9.17) is 5.41 Å². The van der Waals surface area contributed by atoms with Crippen LogP contribution in [0.4, 0.5) is 0 Å². The number of rotatable bonds is 1. The molecule has 1 N–H and O–H groups in total. The SMILES string of the molecule is [CH2]CC(=N)OC. The van der Waals surface area contributed by atoms with Crippen molar-refractivity contribution in [3.8, 4) is 0 Å². The summed E-state index contributed by atoms with van der Waals surface area (Å²) in [4.78, 5) is 0. The zero-order valence-corrected chi connectivity index (χ0v) is 3.82. The van der Waals surface area contributed by atoms with Crippen LogP contribution in [0.25, 0.3) is 0 Å². The lowest BCUT2D eigenvalue weighted by Crippen LogP contribution is -1.93. The average molecular weight is 86.1 g/mol. The first-order valence-corrected chi connectivity index (χ1v) is 1.72. The van der Waals surface area contributed by atoms with Crippen LogP contribution in [0, 0.1) is 12.3 Å². The van der Waals surface area contributed by atoms with Crippen LogP contribution < -0.4 is 0 Å². The highest BCUT2D eigenvalue weighted by Crippen LogP contribution is 1.76. The van der Waals surface area contributed by atoms with E-state index in [2.05, 4.69) is 11.7 Å². The van der Waals surface area contributed by atoms with Crippen LogP contribution in [0.15, 0.2) is 0 Å². The molecule has 35 valence electrons. The van der Waals surface area contributed by atoms with Gasteiger partial charge in [-0.1, -0.05) is 0 Å². The summed E-state index contributed by atoms with van der Waals surface area (Å²) in [5, 5.41) is 6.70. The van der Waals surface area contributed by atoms with Gasteiger partial charge in [-0.3, -0.25) is 5.41 Å². The van der Waals surface area contributed by atoms with Gasteiger partial charge in [0.1, 0.15) is 0 Å². The van der Waals surface area contributed by atoms with Crippen molar-refractivity contribution in [1.29, 1.82) is 5.41 Å². The fourth-order valence-electron chi connectivity index (χ4n) is 0.102. The fourth-order valence-corrected chi connectivity index (χ4v) is 0.102. The van der Waals surface area contributed by atoms with Crippen molar-refractivity contribution in [3.63, 3.8) is 0 Å². The number of nitrogens with one attached hydrogen (secondary N) is 1. The summed E-state index contributed by atoms with van der Waals surface area (Å²) >= 11 is 0. The predicted octanol–water partition coefficient (Wildman–Crippen LogP) is 0.834. The van der Waals surface area contributed by atoms with Crippen LogP contribution in [0.2, 0.25) is 0 Å². The third-order valence-corrected chi connectivity index (χ3v) is 0.473. The van der Waals surface area contributed by atoms with Crippen LogP contribution in [-0.2, 0) is 4.74 Å². The molecule has 0 saturated heterocycles. The highest BCUT2D eigenvalue weighted by Gasteiger charge is 1.81. The predicted molar refractivity (Wildman–Crippen MR) is 24.7 cm³/mol. The molecule has 0 aromatic heterocycles. The maximum atomic E-state index is 6.70. The maximum Gasteiger partial charge on any atom is 0.180 e. The molecule has 6 heavy (non-hydrogen) atoms. The Kier molecular flexibility index (Phi) is 2.46. The Morgan fingerprint density at radius 3 is 2.50 bits per heavy atom. The first-order chi connectivity index (χ1) is 2.81. The molecule has 0 spiro atoms. The van der Waals surface area contributed by atoms with E-state index < -0.39 is 0 Å². The second-order valence-electron chi connectivity index (χ2n) is 0.877. The summed E-state index contributed by atoms with van der Waals surface area (Å²) in [6.45, 7) is 3.41. The normalized spacial score (nSPS) is 7.67. The van der Waals surface area contributed by atoms with Gasteiger partial charge in [-0.15, -0.1) is 0 Å². The van der Waals surface area contributed by atoms with E-state index in [1.807, 2.05) is 0 Å². The Morgan fingerprint density at radius 2 is 2.50 bits per heavy atom. The molecule has 0 bridgehead atoms. The van der Waals surface area contributed by atoms with E-state index in [9.17, 15) is 0 Å². The summed E-state index contributed by atoms with van der Waals surface area (Å²) in [6, 6.07) is 0. The van der Waals surface area contributed by atoms with Crippen LogP contribution in [0.5, 0.6) is 0 Å². The van der Waals surface area contributed by atoms with E-state index in [0.29, 0.717) is 6.42 Å². The summed E-state index contributed by atoms with van der Waals surface area (Å²) in [6.07, 6.45) is 0.441. The van der Waals surface area contributed by atoms with Crippen molar-refractivity contribution in [1.82, 2.24) is 0 Å². The first kappa shape index (κ1) is 5.47. The zero-order chi connectivity index (χ0) is 4.99. The van der Waals surface area contributed by atoms with Gasteiger partial charge in [0, 0.05) is 6.42 Å². The summed E-state index contributed by atoms with van der Waals surface area (Å²) in [7, 11) is 1.47. The van der Waals surface area contributed by atoms with Crippen molar-refractivity contribution in [2.45, 2.75) is 6.42 Å². The molecule has 0 aliphatic carbocycles. The Hall–Kier alpha value is -0.530. The van der Waals surface area contributed by atoms with E-state index in [1.54, 1.807) is 0 Å². The number of hydrogen-bond acceptors (Lipinski definition) is 2. The third-order valence-electron chi connectivity index (χ3n) is 0.473. The number of methoxy groups -OCH3 is 1. The van der Waals surface area contributed by atoms with Crippen molar-refractivity contribution < 1.29 is 4.74 Å². The van der Waals surface area contributed by atoms with Gasteiger partial charge in [0.15, 0.2) is 5.90 Å². The largest absolute Gasteiger partial charge is 0.484 e. The van der Waals surface area contributed by atoms with Gasteiger partial charge in [-0.05, 0) is 6.92 Å². The fraction of sp³-hybridized carbons (Fsp3) is 0.500. The van der Waals surface area contributed by atoms with Crippen LogP contribution in [-0.4, -0.2) is 13.0 Å². The summed E-state index contributed by atoms with van der Waals surface area (Å²) in [5.41, 5.74) is 0. The zero-order valence-electron chi connectivity index (χ0n) is 3.82. The van der Waals surface area contributed by atoms with E-state index in [-0.39, 0.29) is 5.90 Å². The molecule has 0 amide bonds. The lowest BCUT2D eigenvalue weighted by Gasteiger charge is -1.91. The van der Waals surface area contributed by atoms with E-state index in [1.165, 1.54) is 7.11 Å². The first-order valence-electron chi connectivity index (χ1n) is 1.72. The summed E-state index contributed by atoms with van der Waals surface area (Å²) in [5.74, 6) is 0.231. The number of ether oxygens (including phenoxy) is 1. The Morgan fingerprint density at radius 1 is 2.00 bits per heavy atom. The van der Waals surface area contributed by atoms with Gasteiger partial charge >= 0.3 is 0 Å². The lowest BCUT2D eigenvalue weighted by atomic mass is 10.5. The van der Waals surface area contributed by atoms with E-state index in [0.717, 1.165) is 0 Å². The Balaban J connectivity index is 2.99. The van der Waals surface area contributed by atoms with Gasteiger partial charge < -0.3 is 4.74 Å². The molecular weight excluding hydrogens is 78.0 g/mol. The second kappa shape index (κ2) is 2.69. The molecule has 0 aromatic rings. The van der Waals surface area contributed by atoms with Gasteiger partial charge in [0.2, 0.25) is 0 Å². The minimum Gasteiger partial charge on any atom is -0.484 e. The molecular formula is C4H8NO. The standard InChI is InChI=1S/C4H8NO/c1-3-4(5)6-2/h5H,1,3H2,2H3. The molecule has 1 radical (unpaired) electrons. The molecule has 0 saturated carbocycles. The summed E-state index contributed by atoms with van der Waals surface area (Å²) < 4.78 is 4.42. The van der Waals surface area contributed by atoms with Gasteiger partial charge in [0.25, 0.3) is 0 Å². The average Bonchev–Trinajstić information content (AvgIpc) is 1.65. The molecule has 0 heterocycles. The highest BCUT2D eigenvalue weighted by atomic mass is 16.5. The Labute approximate surface area is 37.6 Å². The molecule has 0 fully saturated rings. The van der Waals surface area contributed by atoms with E-state index >= 15 is 0 Å². The molecule has 0 rings (SSSR count). The van der Waals surface area contributed by atoms with Crippen molar-refractivity contribution in [2.24, 2.45) is 0 Å². The number of hydrogen-bond donors (Lipinski definition) is 1. The van der Waals surface area contributed by atoms with Gasteiger partial charge in [-0.25, -0.2) is 0 Å². The topological polar surface area (TPSA) is 33.1 Å². The van der Waals surface area contributed by atoms with Crippen molar-refractivity contribution in [2.75, 3.05) is 7.11 Å². The minimum atomic E-state index is 0.231. The molecule has 0 aromatic carbocycles. The van der Waals surface area contributed by atoms with Crippen LogP contribution in [0.3, 0.4) is 0 Å².